The zero-order valence-corrected chi connectivity index (χ0v) is 18.7. The lowest BCUT2D eigenvalue weighted by Gasteiger charge is -2.18. The molecule has 174 valence electrons. The van der Waals surface area contributed by atoms with Crippen LogP contribution in [0.4, 0.5) is 13.2 Å². The Morgan fingerprint density at radius 2 is 1.68 bits per heavy atom. The molecule has 1 aliphatic carbocycles. The van der Waals surface area contributed by atoms with Crippen LogP contribution in [0, 0.1) is 6.92 Å². The maximum absolute atomic E-state index is 13.4. The fraction of sp³-hybridized carbons (Fsp3) is 0.222. The lowest BCUT2D eigenvalue weighted by Crippen LogP contribution is -2.34. The summed E-state index contributed by atoms with van der Waals surface area (Å²) in [6.07, 6.45) is -0.937. The first-order valence-corrected chi connectivity index (χ1v) is 11.0. The van der Waals surface area contributed by atoms with Gasteiger partial charge in [0.15, 0.2) is 0 Å². The molecule has 3 aromatic carbocycles. The van der Waals surface area contributed by atoms with E-state index >= 15 is 0 Å². The number of halogens is 3. The van der Waals surface area contributed by atoms with E-state index in [2.05, 4.69) is 5.32 Å². The first-order chi connectivity index (χ1) is 16.2. The number of hydrogen-bond acceptors (Lipinski definition) is 2. The summed E-state index contributed by atoms with van der Waals surface area (Å²) in [5.41, 5.74) is 2.35. The van der Waals surface area contributed by atoms with Gasteiger partial charge in [0, 0.05) is 13.2 Å². The van der Waals surface area contributed by atoms with Crippen molar-refractivity contribution in [2.24, 2.45) is 7.05 Å². The molecule has 7 heteroatoms. The van der Waals surface area contributed by atoms with Crippen molar-refractivity contribution in [3.8, 4) is 11.5 Å². The number of rotatable bonds is 5. The Morgan fingerprint density at radius 3 is 2.29 bits per heavy atom. The molecule has 0 saturated heterocycles. The minimum absolute atomic E-state index is 0.216. The van der Waals surface area contributed by atoms with Crippen molar-refractivity contribution in [2.45, 2.75) is 31.5 Å². The summed E-state index contributed by atoms with van der Waals surface area (Å²) in [5, 5.41) is 3.82. The van der Waals surface area contributed by atoms with E-state index in [0.29, 0.717) is 16.7 Å². The number of hydrogen-bond donors (Lipinski definition) is 1. The van der Waals surface area contributed by atoms with Gasteiger partial charge in [0.25, 0.3) is 5.91 Å². The number of benzene rings is 3. The number of nitrogens with zero attached hydrogens (tertiary/aromatic N) is 1. The summed E-state index contributed by atoms with van der Waals surface area (Å²) in [7, 11) is 1.84. The molecule has 5 rings (SSSR count). The summed E-state index contributed by atoms with van der Waals surface area (Å²) in [5.74, 6) is 0.448. The molecular formula is C27H23F3N2O2. The summed E-state index contributed by atoms with van der Waals surface area (Å²) < 4.78 is 46.5. The van der Waals surface area contributed by atoms with Crippen LogP contribution >= 0.6 is 0 Å². The third-order valence-corrected chi connectivity index (χ3v) is 6.34. The van der Waals surface area contributed by atoms with E-state index in [1.54, 1.807) is 18.3 Å². The molecule has 0 unspecified atom stereocenters. The number of aromatic nitrogens is 1. The number of ether oxygens (including phenoxy) is 1. The second-order valence-electron chi connectivity index (χ2n) is 8.83. The van der Waals surface area contributed by atoms with E-state index in [0.717, 1.165) is 41.6 Å². The van der Waals surface area contributed by atoms with Crippen LogP contribution in [0.5, 0.6) is 11.5 Å². The third kappa shape index (κ3) is 4.02. The lowest BCUT2D eigenvalue weighted by molar-refractivity contribution is -0.137. The Bertz CT molecular complexity index is 1370. The van der Waals surface area contributed by atoms with Gasteiger partial charge >= 0.3 is 6.18 Å². The van der Waals surface area contributed by atoms with E-state index in [1.807, 2.05) is 48.9 Å². The standard InChI is InChI=1S/C27H23F3N2O2/c1-17-6-8-18(9-7-17)26(14-15-26)31-25(33)21-16-32(2)22-4-3-5-23(24(21)22)34-20-12-10-19(11-13-20)27(28,29)30/h3-13,16H,14-15H2,1-2H3,(H,31,33). The van der Waals surface area contributed by atoms with Gasteiger partial charge in [-0.2, -0.15) is 13.2 Å². The van der Waals surface area contributed by atoms with Crippen LogP contribution in [-0.4, -0.2) is 10.5 Å². The molecule has 1 aromatic heterocycles. The summed E-state index contributed by atoms with van der Waals surface area (Å²) in [6, 6.07) is 18.1. The molecule has 0 bridgehead atoms. The van der Waals surface area contributed by atoms with Gasteiger partial charge in [-0.25, -0.2) is 0 Å². The highest BCUT2D eigenvalue weighted by molar-refractivity contribution is 6.09. The average Bonchev–Trinajstić information content (AvgIpc) is 3.49. The molecule has 4 nitrogen and oxygen atoms in total. The first-order valence-electron chi connectivity index (χ1n) is 11.0. The maximum atomic E-state index is 13.4. The van der Waals surface area contributed by atoms with Gasteiger partial charge in [-0.1, -0.05) is 35.9 Å². The Labute approximate surface area is 195 Å². The molecule has 0 aliphatic heterocycles. The molecule has 34 heavy (non-hydrogen) atoms. The first kappa shape index (κ1) is 22.1. The molecule has 1 N–H and O–H groups in total. The third-order valence-electron chi connectivity index (χ3n) is 6.34. The Balaban J connectivity index is 1.47. The van der Waals surface area contributed by atoms with Crippen LogP contribution in [0.1, 0.15) is 39.9 Å². The molecule has 0 radical (unpaired) electrons. The second-order valence-corrected chi connectivity index (χ2v) is 8.83. The largest absolute Gasteiger partial charge is 0.457 e. The Hall–Kier alpha value is -3.74. The number of amides is 1. The Morgan fingerprint density at radius 1 is 1.00 bits per heavy atom. The van der Waals surface area contributed by atoms with Gasteiger partial charge < -0.3 is 14.6 Å². The van der Waals surface area contributed by atoms with E-state index in [9.17, 15) is 18.0 Å². The molecule has 4 aromatic rings. The fourth-order valence-electron chi connectivity index (χ4n) is 4.28. The number of carbonyl (C=O) groups is 1. The molecule has 1 fully saturated rings. The van der Waals surface area contributed by atoms with E-state index < -0.39 is 11.7 Å². The predicted octanol–water partition coefficient (Wildman–Crippen LogP) is 6.72. The van der Waals surface area contributed by atoms with Gasteiger partial charge in [0.1, 0.15) is 11.5 Å². The maximum Gasteiger partial charge on any atom is 0.416 e. The summed E-state index contributed by atoms with van der Waals surface area (Å²) in [4.78, 5) is 13.4. The van der Waals surface area contributed by atoms with E-state index in [4.69, 9.17) is 4.74 Å². The monoisotopic (exact) mass is 464 g/mol. The number of nitrogens with one attached hydrogen (secondary N) is 1. The van der Waals surface area contributed by atoms with Crippen molar-refractivity contribution >= 4 is 16.8 Å². The average molecular weight is 464 g/mol. The van der Waals surface area contributed by atoms with Crippen molar-refractivity contribution in [1.29, 1.82) is 0 Å². The van der Waals surface area contributed by atoms with Crippen LogP contribution in [0.3, 0.4) is 0 Å². The van der Waals surface area contributed by atoms with Crippen molar-refractivity contribution in [1.82, 2.24) is 9.88 Å². The van der Waals surface area contributed by atoms with Crippen molar-refractivity contribution in [3.63, 3.8) is 0 Å². The predicted molar refractivity (Wildman–Crippen MR) is 124 cm³/mol. The quantitative estimate of drug-likeness (QED) is 0.356. The van der Waals surface area contributed by atoms with Gasteiger partial charge in [-0.05, 0) is 61.7 Å². The number of carbonyl (C=O) groups excluding carboxylic acids is 1. The fourth-order valence-corrected chi connectivity index (χ4v) is 4.28. The van der Waals surface area contributed by atoms with Gasteiger partial charge in [0.05, 0.1) is 27.6 Å². The molecule has 0 atom stereocenters. The zero-order valence-electron chi connectivity index (χ0n) is 18.7. The van der Waals surface area contributed by atoms with Crippen LogP contribution < -0.4 is 10.1 Å². The molecule has 1 aliphatic rings. The Kier molecular flexibility index (Phi) is 5.15. The smallest absolute Gasteiger partial charge is 0.416 e. The van der Waals surface area contributed by atoms with E-state index in [1.165, 1.54) is 12.1 Å². The molecule has 1 amide bonds. The van der Waals surface area contributed by atoms with Crippen molar-refractivity contribution in [2.75, 3.05) is 0 Å². The second kappa shape index (κ2) is 7.94. The SMILES string of the molecule is Cc1ccc(C2(NC(=O)c3cn(C)c4cccc(Oc5ccc(C(F)(F)F)cc5)c34)CC2)cc1. The molecular weight excluding hydrogens is 441 g/mol. The van der Waals surface area contributed by atoms with E-state index in [-0.39, 0.29) is 17.2 Å². The van der Waals surface area contributed by atoms with Gasteiger partial charge in [-0.3, -0.25) is 4.79 Å². The van der Waals surface area contributed by atoms with Gasteiger partial charge in [0.2, 0.25) is 0 Å². The summed E-state index contributed by atoms with van der Waals surface area (Å²) in [6.45, 7) is 2.02. The molecule has 1 heterocycles. The highest BCUT2D eigenvalue weighted by atomic mass is 19.4. The molecule has 1 saturated carbocycles. The van der Waals surface area contributed by atoms with Crippen LogP contribution in [-0.2, 0) is 18.8 Å². The normalized spacial score (nSPS) is 14.7. The highest BCUT2D eigenvalue weighted by Gasteiger charge is 2.46. The number of aryl methyl sites for hydroxylation is 2. The zero-order chi connectivity index (χ0) is 24.1. The van der Waals surface area contributed by atoms with Crippen LogP contribution in [0.15, 0.2) is 72.9 Å². The number of fused-ring (bicyclic) bond motifs is 1. The topological polar surface area (TPSA) is 43.3 Å². The van der Waals surface area contributed by atoms with Gasteiger partial charge in [-0.15, -0.1) is 0 Å². The summed E-state index contributed by atoms with van der Waals surface area (Å²) >= 11 is 0. The minimum Gasteiger partial charge on any atom is -0.457 e. The van der Waals surface area contributed by atoms with Crippen molar-refractivity contribution in [3.05, 3.63) is 95.2 Å². The number of alkyl halides is 3. The lowest BCUT2D eigenvalue weighted by atomic mass is 10.0. The minimum atomic E-state index is -4.42. The van der Waals surface area contributed by atoms with Crippen LogP contribution in [0.2, 0.25) is 0 Å². The van der Waals surface area contributed by atoms with Crippen molar-refractivity contribution < 1.29 is 22.7 Å². The highest BCUT2D eigenvalue weighted by Crippen LogP contribution is 2.46. The molecule has 0 spiro atoms. The van der Waals surface area contributed by atoms with Crippen LogP contribution in [0.25, 0.3) is 10.9 Å².